The maximum Gasteiger partial charge on any atom is 0.224 e. The van der Waals surface area contributed by atoms with Gasteiger partial charge < -0.3 is 15.5 Å². The number of aryl methyl sites for hydroxylation is 1. The van der Waals surface area contributed by atoms with Crippen LogP contribution < -0.4 is 5.32 Å². The third kappa shape index (κ3) is 4.42. The Morgan fingerprint density at radius 3 is 2.56 bits per heavy atom. The Bertz CT molecular complexity index is 335. The van der Waals surface area contributed by atoms with Gasteiger partial charge in [0.05, 0.1) is 19.1 Å². The molecule has 1 rings (SSSR count). The summed E-state index contributed by atoms with van der Waals surface area (Å²) in [5.74, 6) is -0.156. The molecule has 1 atom stereocenters. The first kappa shape index (κ1) is 12.7. The lowest BCUT2D eigenvalue weighted by atomic mass is 10.1. The number of hydrogen-bond donors (Lipinski definition) is 3. The van der Waals surface area contributed by atoms with Gasteiger partial charge in [-0.15, -0.1) is 0 Å². The summed E-state index contributed by atoms with van der Waals surface area (Å²) in [4.78, 5) is 11.4. The largest absolute Gasteiger partial charge is 0.394 e. The van der Waals surface area contributed by atoms with Crippen molar-refractivity contribution in [1.29, 1.82) is 0 Å². The highest BCUT2D eigenvalue weighted by molar-refractivity contribution is 5.78. The molecule has 0 aliphatic heterocycles. The fraction of sp³-hybridized carbons (Fsp3) is 0.417. The molecule has 0 bridgehead atoms. The molecule has 0 spiro atoms. The van der Waals surface area contributed by atoms with E-state index in [0.29, 0.717) is 6.42 Å². The van der Waals surface area contributed by atoms with E-state index in [1.807, 2.05) is 31.2 Å². The molecule has 16 heavy (non-hydrogen) atoms. The zero-order valence-electron chi connectivity index (χ0n) is 9.31. The molecule has 3 N–H and O–H groups in total. The van der Waals surface area contributed by atoms with Crippen LogP contribution in [0, 0.1) is 6.92 Å². The first-order chi connectivity index (χ1) is 7.61. The zero-order chi connectivity index (χ0) is 12.0. The average molecular weight is 223 g/mol. The van der Waals surface area contributed by atoms with Crippen molar-refractivity contribution in [1.82, 2.24) is 5.32 Å². The van der Waals surface area contributed by atoms with Crippen molar-refractivity contribution in [2.75, 3.05) is 13.2 Å². The van der Waals surface area contributed by atoms with E-state index in [1.54, 1.807) is 0 Å². The molecular weight excluding hydrogens is 206 g/mol. The van der Waals surface area contributed by atoms with Gasteiger partial charge in [0.15, 0.2) is 0 Å². The van der Waals surface area contributed by atoms with Crippen LogP contribution in [-0.2, 0) is 11.2 Å². The number of rotatable bonds is 5. The highest BCUT2D eigenvalue weighted by Crippen LogP contribution is 2.03. The molecule has 1 aromatic rings. The molecule has 0 aliphatic carbocycles. The monoisotopic (exact) mass is 223 g/mol. The third-order valence-electron chi connectivity index (χ3n) is 2.23. The Hall–Kier alpha value is -1.39. The lowest BCUT2D eigenvalue weighted by molar-refractivity contribution is -0.121. The topological polar surface area (TPSA) is 69.6 Å². The van der Waals surface area contributed by atoms with Gasteiger partial charge in [-0.2, -0.15) is 0 Å². The van der Waals surface area contributed by atoms with Crippen molar-refractivity contribution >= 4 is 5.91 Å². The van der Waals surface area contributed by atoms with Crippen LogP contribution in [-0.4, -0.2) is 35.4 Å². The summed E-state index contributed by atoms with van der Waals surface area (Å²) in [6, 6.07) is 7.70. The third-order valence-corrected chi connectivity index (χ3v) is 2.23. The van der Waals surface area contributed by atoms with E-state index in [-0.39, 0.29) is 19.1 Å². The van der Waals surface area contributed by atoms with Crippen molar-refractivity contribution in [3.8, 4) is 0 Å². The van der Waals surface area contributed by atoms with Crippen LogP contribution in [0.5, 0.6) is 0 Å². The maximum absolute atomic E-state index is 11.4. The SMILES string of the molecule is Cc1ccc(CC(=O)NCC(O)CO)cc1. The number of carbonyl (C=O) groups is 1. The molecule has 0 radical (unpaired) electrons. The minimum Gasteiger partial charge on any atom is -0.394 e. The fourth-order valence-electron chi connectivity index (χ4n) is 1.25. The molecular formula is C12H17NO3. The number of aliphatic hydroxyl groups excluding tert-OH is 2. The van der Waals surface area contributed by atoms with Gasteiger partial charge in [0.2, 0.25) is 5.91 Å². The Morgan fingerprint density at radius 2 is 2.00 bits per heavy atom. The van der Waals surface area contributed by atoms with Gasteiger partial charge in [0.25, 0.3) is 0 Å². The Morgan fingerprint density at radius 1 is 1.38 bits per heavy atom. The maximum atomic E-state index is 11.4. The second-order valence-corrected chi connectivity index (χ2v) is 3.80. The summed E-state index contributed by atoms with van der Waals surface area (Å²) >= 11 is 0. The first-order valence-electron chi connectivity index (χ1n) is 5.23. The first-order valence-corrected chi connectivity index (χ1v) is 5.23. The molecule has 88 valence electrons. The summed E-state index contributed by atoms with van der Waals surface area (Å²) < 4.78 is 0. The van der Waals surface area contributed by atoms with Crippen molar-refractivity contribution in [2.45, 2.75) is 19.4 Å². The van der Waals surface area contributed by atoms with Crippen LogP contribution in [0.15, 0.2) is 24.3 Å². The Labute approximate surface area is 94.9 Å². The smallest absolute Gasteiger partial charge is 0.224 e. The molecule has 1 amide bonds. The van der Waals surface area contributed by atoms with E-state index < -0.39 is 6.10 Å². The molecule has 0 heterocycles. The van der Waals surface area contributed by atoms with E-state index in [4.69, 9.17) is 10.2 Å². The van der Waals surface area contributed by atoms with Crippen LogP contribution in [0.3, 0.4) is 0 Å². The van der Waals surface area contributed by atoms with Gasteiger partial charge in [-0.3, -0.25) is 4.79 Å². The van der Waals surface area contributed by atoms with Gasteiger partial charge in [-0.05, 0) is 12.5 Å². The minimum atomic E-state index is -0.887. The standard InChI is InChI=1S/C12H17NO3/c1-9-2-4-10(5-3-9)6-12(16)13-7-11(15)8-14/h2-5,11,14-15H,6-8H2,1H3,(H,13,16). The summed E-state index contributed by atoms with van der Waals surface area (Å²) in [7, 11) is 0. The predicted octanol–water partition coefficient (Wildman–Crippen LogP) is 0.00692. The van der Waals surface area contributed by atoms with Crippen LogP contribution in [0.4, 0.5) is 0 Å². The molecule has 4 heteroatoms. The second-order valence-electron chi connectivity index (χ2n) is 3.80. The van der Waals surface area contributed by atoms with Gasteiger partial charge >= 0.3 is 0 Å². The van der Waals surface area contributed by atoms with Gasteiger partial charge in [-0.25, -0.2) is 0 Å². The van der Waals surface area contributed by atoms with Gasteiger partial charge in [0, 0.05) is 6.54 Å². The molecule has 1 aromatic carbocycles. The Balaban J connectivity index is 2.37. The lowest BCUT2D eigenvalue weighted by Gasteiger charge is -2.08. The fourth-order valence-corrected chi connectivity index (χ4v) is 1.25. The van der Waals surface area contributed by atoms with Crippen LogP contribution in [0.1, 0.15) is 11.1 Å². The predicted molar refractivity (Wildman–Crippen MR) is 61.0 cm³/mol. The molecule has 0 aromatic heterocycles. The number of aliphatic hydroxyl groups is 2. The van der Waals surface area contributed by atoms with E-state index in [0.717, 1.165) is 11.1 Å². The molecule has 0 saturated carbocycles. The van der Waals surface area contributed by atoms with E-state index in [1.165, 1.54) is 0 Å². The van der Waals surface area contributed by atoms with Crippen molar-refractivity contribution in [3.05, 3.63) is 35.4 Å². The number of amides is 1. The molecule has 0 fully saturated rings. The molecule has 4 nitrogen and oxygen atoms in total. The van der Waals surface area contributed by atoms with Crippen LogP contribution in [0.25, 0.3) is 0 Å². The van der Waals surface area contributed by atoms with E-state index in [2.05, 4.69) is 5.32 Å². The van der Waals surface area contributed by atoms with Gasteiger partial charge in [-0.1, -0.05) is 29.8 Å². The van der Waals surface area contributed by atoms with Crippen LogP contribution in [0.2, 0.25) is 0 Å². The minimum absolute atomic E-state index is 0.0845. The summed E-state index contributed by atoms with van der Waals surface area (Å²) in [5, 5.41) is 20.2. The second kappa shape index (κ2) is 6.25. The number of hydrogen-bond acceptors (Lipinski definition) is 3. The summed E-state index contributed by atoms with van der Waals surface area (Å²) in [6.45, 7) is 1.73. The normalized spacial score (nSPS) is 12.2. The lowest BCUT2D eigenvalue weighted by Crippen LogP contribution is -2.34. The zero-order valence-corrected chi connectivity index (χ0v) is 9.31. The molecule has 0 aliphatic rings. The average Bonchev–Trinajstić information content (AvgIpc) is 2.29. The van der Waals surface area contributed by atoms with E-state index >= 15 is 0 Å². The van der Waals surface area contributed by atoms with Crippen LogP contribution >= 0.6 is 0 Å². The summed E-state index contributed by atoms with van der Waals surface area (Å²) in [5.41, 5.74) is 2.08. The highest BCUT2D eigenvalue weighted by atomic mass is 16.3. The number of nitrogens with one attached hydrogen (secondary N) is 1. The van der Waals surface area contributed by atoms with Crippen molar-refractivity contribution in [2.24, 2.45) is 0 Å². The molecule has 0 saturated heterocycles. The van der Waals surface area contributed by atoms with Crippen molar-refractivity contribution < 1.29 is 15.0 Å². The number of carbonyl (C=O) groups excluding carboxylic acids is 1. The Kier molecular flexibility index (Phi) is 4.95. The highest BCUT2D eigenvalue weighted by Gasteiger charge is 2.06. The van der Waals surface area contributed by atoms with Gasteiger partial charge in [0.1, 0.15) is 0 Å². The number of benzene rings is 1. The molecule has 1 unspecified atom stereocenters. The van der Waals surface area contributed by atoms with E-state index in [9.17, 15) is 4.79 Å². The quantitative estimate of drug-likeness (QED) is 0.658. The van der Waals surface area contributed by atoms with Crippen molar-refractivity contribution in [3.63, 3.8) is 0 Å². The summed E-state index contributed by atoms with van der Waals surface area (Å²) in [6.07, 6.45) is -0.597.